The molecular weight excluding hydrogens is 401 g/mol. The number of benzene rings is 2. The van der Waals surface area contributed by atoms with Gasteiger partial charge in [0.05, 0.1) is 18.4 Å². The molecule has 6 heteroatoms. The van der Waals surface area contributed by atoms with E-state index in [1.54, 1.807) is 13.3 Å². The van der Waals surface area contributed by atoms with Crippen molar-refractivity contribution >= 4 is 0 Å². The van der Waals surface area contributed by atoms with E-state index in [1.807, 2.05) is 36.4 Å². The quantitative estimate of drug-likeness (QED) is 0.483. The standard InChI is InChI=1S/C25H25F3N2O/c1-31-23-9-3-2-7-21(23)22(17-30-15-4-5-16-30)24-20(8-6-14-29-24)18-10-12-19(13-11-18)25(26,27)28/h2-3,6-14,22H,4-5,15-17H2,1H3. The fourth-order valence-electron chi connectivity index (χ4n) is 4.29. The maximum Gasteiger partial charge on any atom is 0.416 e. The van der Waals surface area contributed by atoms with Gasteiger partial charge in [-0.1, -0.05) is 36.4 Å². The summed E-state index contributed by atoms with van der Waals surface area (Å²) in [4.78, 5) is 7.13. The molecule has 0 amide bonds. The molecule has 2 aromatic carbocycles. The summed E-state index contributed by atoms with van der Waals surface area (Å²) < 4.78 is 44.7. The van der Waals surface area contributed by atoms with Gasteiger partial charge in [-0.3, -0.25) is 4.98 Å². The van der Waals surface area contributed by atoms with Crippen LogP contribution in [0.5, 0.6) is 5.75 Å². The summed E-state index contributed by atoms with van der Waals surface area (Å²) in [5, 5.41) is 0. The SMILES string of the molecule is COc1ccccc1C(CN1CCCC1)c1ncccc1-c1ccc(C(F)(F)F)cc1. The maximum absolute atomic E-state index is 13.0. The Kier molecular flexibility index (Phi) is 6.28. The number of para-hydroxylation sites is 1. The summed E-state index contributed by atoms with van der Waals surface area (Å²) in [6.45, 7) is 2.85. The lowest BCUT2D eigenvalue weighted by molar-refractivity contribution is -0.137. The lowest BCUT2D eigenvalue weighted by Crippen LogP contribution is -2.27. The molecule has 0 aliphatic carbocycles. The van der Waals surface area contributed by atoms with Crippen LogP contribution in [-0.2, 0) is 6.18 Å². The molecule has 0 bridgehead atoms. The summed E-state index contributed by atoms with van der Waals surface area (Å²) in [6, 6.07) is 17.0. The van der Waals surface area contributed by atoms with Crippen LogP contribution in [-0.4, -0.2) is 36.6 Å². The number of aromatic nitrogens is 1. The van der Waals surface area contributed by atoms with Gasteiger partial charge < -0.3 is 9.64 Å². The zero-order valence-electron chi connectivity index (χ0n) is 17.4. The van der Waals surface area contributed by atoms with Crippen molar-refractivity contribution in [2.24, 2.45) is 0 Å². The van der Waals surface area contributed by atoms with Gasteiger partial charge in [0.1, 0.15) is 5.75 Å². The first-order chi connectivity index (χ1) is 15.0. The van der Waals surface area contributed by atoms with E-state index in [2.05, 4.69) is 4.90 Å². The van der Waals surface area contributed by atoms with Crippen molar-refractivity contribution in [2.45, 2.75) is 24.9 Å². The van der Waals surface area contributed by atoms with Crippen LogP contribution in [0.1, 0.15) is 35.6 Å². The highest BCUT2D eigenvalue weighted by atomic mass is 19.4. The third-order valence-corrected chi connectivity index (χ3v) is 5.85. The molecule has 0 saturated carbocycles. The number of rotatable bonds is 6. The predicted octanol–water partition coefficient (Wildman–Crippen LogP) is 6.00. The van der Waals surface area contributed by atoms with Crippen molar-refractivity contribution < 1.29 is 17.9 Å². The Balaban J connectivity index is 1.79. The van der Waals surface area contributed by atoms with E-state index in [1.165, 1.54) is 25.0 Å². The first-order valence-corrected chi connectivity index (χ1v) is 10.4. The van der Waals surface area contributed by atoms with Crippen LogP contribution in [0.2, 0.25) is 0 Å². The van der Waals surface area contributed by atoms with E-state index in [9.17, 15) is 13.2 Å². The maximum atomic E-state index is 13.0. The minimum Gasteiger partial charge on any atom is -0.496 e. The number of alkyl halides is 3. The van der Waals surface area contributed by atoms with Gasteiger partial charge in [0, 0.05) is 29.8 Å². The number of halogens is 3. The number of methoxy groups -OCH3 is 1. The molecule has 3 aromatic rings. The minimum absolute atomic E-state index is 0.0623. The Morgan fingerprint density at radius 3 is 2.35 bits per heavy atom. The van der Waals surface area contributed by atoms with E-state index < -0.39 is 11.7 Å². The number of nitrogens with zero attached hydrogens (tertiary/aromatic N) is 2. The number of ether oxygens (including phenoxy) is 1. The van der Waals surface area contributed by atoms with Crippen molar-refractivity contribution in [1.82, 2.24) is 9.88 Å². The normalized spacial score (nSPS) is 15.7. The minimum atomic E-state index is -4.36. The van der Waals surface area contributed by atoms with Crippen LogP contribution in [0.4, 0.5) is 13.2 Å². The molecule has 0 radical (unpaired) electrons. The average Bonchev–Trinajstić information content (AvgIpc) is 3.30. The Hall–Kier alpha value is -2.86. The number of hydrogen-bond donors (Lipinski definition) is 0. The van der Waals surface area contributed by atoms with Crippen molar-refractivity contribution in [1.29, 1.82) is 0 Å². The Morgan fingerprint density at radius 1 is 0.968 bits per heavy atom. The Morgan fingerprint density at radius 2 is 1.68 bits per heavy atom. The topological polar surface area (TPSA) is 25.4 Å². The van der Waals surface area contributed by atoms with Gasteiger partial charge >= 0.3 is 6.18 Å². The monoisotopic (exact) mass is 426 g/mol. The highest BCUT2D eigenvalue weighted by Crippen LogP contribution is 2.38. The first kappa shape index (κ1) is 21.4. The van der Waals surface area contributed by atoms with Gasteiger partial charge in [-0.05, 0) is 55.8 Å². The fraction of sp³-hybridized carbons (Fsp3) is 0.320. The summed E-state index contributed by atoms with van der Waals surface area (Å²) in [5.74, 6) is 0.725. The molecular formula is C25H25F3N2O. The number of pyridine rings is 1. The van der Waals surface area contributed by atoms with E-state index in [-0.39, 0.29) is 5.92 Å². The molecule has 31 heavy (non-hydrogen) atoms. The molecule has 1 saturated heterocycles. The van der Waals surface area contributed by atoms with Crippen LogP contribution in [0, 0.1) is 0 Å². The highest BCUT2D eigenvalue weighted by molar-refractivity contribution is 5.68. The van der Waals surface area contributed by atoms with E-state index in [0.29, 0.717) is 0 Å². The average molecular weight is 426 g/mol. The van der Waals surface area contributed by atoms with Gasteiger partial charge in [0.2, 0.25) is 0 Å². The smallest absolute Gasteiger partial charge is 0.416 e. The molecule has 1 fully saturated rings. The zero-order chi connectivity index (χ0) is 21.8. The Bertz CT molecular complexity index is 1010. The summed E-state index contributed by atoms with van der Waals surface area (Å²) in [7, 11) is 1.65. The second-order valence-electron chi connectivity index (χ2n) is 7.81. The lowest BCUT2D eigenvalue weighted by Gasteiger charge is -2.26. The van der Waals surface area contributed by atoms with Crippen molar-refractivity contribution in [2.75, 3.05) is 26.7 Å². The van der Waals surface area contributed by atoms with Crippen molar-refractivity contribution in [3.8, 4) is 16.9 Å². The second-order valence-corrected chi connectivity index (χ2v) is 7.81. The molecule has 1 aliphatic heterocycles. The molecule has 2 heterocycles. The summed E-state index contributed by atoms with van der Waals surface area (Å²) in [6.07, 6.45) is -0.263. The molecule has 3 nitrogen and oxygen atoms in total. The Labute approximate surface area is 180 Å². The largest absolute Gasteiger partial charge is 0.496 e. The summed E-state index contributed by atoms with van der Waals surface area (Å²) >= 11 is 0. The van der Waals surface area contributed by atoms with Crippen LogP contribution < -0.4 is 4.74 Å². The summed E-state index contributed by atoms with van der Waals surface area (Å²) in [5.41, 5.74) is 2.78. The van der Waals surface area contributed by atoms with Crippen LogP contribution in [0.25, 0.3) is 11.1 Å². The zero-order valence-corrected chi connectivity index (χ0v) is 17.4. The second kappa shape index (κ2) is 9.10. The van der Waals surface area contributed by atoms with E-state index >= 15 is 0 Å². The van der Waals surface area contributed by atoms with Gasteiger partial charge in [-0.2, -0.15) is 13.2 Å². The third kappa shape index (κ3) is 4.74. The molecule has 162 valence electrons. The number of likely N-dealkylation sites (tertiary alicyclic amines) is 1. The molecule has 4 rings (SSSR count). The molecule has 1 aliphatic rings. The highest BCUT2D eigenvalue weighted by Gasteiger charge is 2.30. The van der Waals surface area contributed by atoms with Crippen LogP contribution in [0.15, 0.2) is 66.9 Å². The van der Waals surface area contributed by atoms with Gasteiger partial charge in [0.15, 0.2) is 0 Å². The first-order valence-electron chi connectivity index (χ1n) is 10.4. The van der Waals surface area contributed by atoms with E-state index in [0.717, 1.165) is 59.9 Å². The van der Waals surface area contributed by atoms with Crippen LogP contribution >= 0.6 is 0 Å². The molecule has 1 aromatic heterocycles. The molecule has 0 spiro atoms. The third-order valence-electron chi connectivity index (χ3n) is 5.85. The fourth-order valence-corrected chi connectivity index (χ4v) is 4.29. The number of hydrogen-bond acceptors (Lipinski definition) is 3. The van der Waals surface area contributed by atoms with Gasteiger partial charge in [-0.15, -0.1) is 0 Å². The molecule has 1 atom stereocenters. The van der Waals surface area contributed by atoms with Crippen molar-refractivity contribution in [3.05, 3.63) is 83.7 Å². The molecule has 1 unspecified atom stereocenters. The van der Waals surface area contributed by atoms with Gasteiger partial charge in [-0.25, -0.2) is 0 Å². The predicted molar refractivity (Wildman–Crippen MR) is 115 cm³/mol. The molecule has 0 N–H and O–H groups in total. The van der Waals surface area contributed by atoms with Gasteiger partial charge in [0.25, 0.3) is 0 Å². The van der Waals surface area contributed by atoms with Crippen LogP contribution in [0.3, 0.4) is 0 Å². The van der Waals surface area contributed by atoms with E-state index in [4.69, 9.17) is 9.72 Å². The lowest BCUT2D eigenvalue weighted by atomic mass is 9.88. The van der Waals surface area contributed by atoms with Crippen molar-refractivity contribution in [3.63, 3.8) is 0 Å².